The third kappa shape index (κ3) is 5.18. The van der Waals surface area contributed by atoms with Gasteiger partial charge in [0.2, 0.25) is 0 Å². The zero-order chi connectivity index (χ0) is 20.2. The minimum Gasteiger partial charge on any atom is -0.481 e. The van der Waals surface area contributed by atoms with Crippen LogP contribution in [0.3, 0.4) is 0 Å². The van der Waals surface area contributed by atoms with Crippen molar-refractivity contribution in [3.05, 3.63) is 52.8 Å². The standard InChI is InChI=1S/C21H29N3O3/c1-6-18-17(13-23-24(18)21(3,4)5)19(25)22-12-16(20(26)27)11-15-9-7-8-14(2)10-15/h7-10,13,16H,6,11-12H2,1-5H3,(H,22,25)(H,26,27). The van der Waals surface area contributed by atoms with Gasteiger partial charge in [0.15, 0.2) is 0 Å². The number of aliphatic carboxylic acids is 1. The third-order valence-electron chi connectivity index (χ3n) is 4.51. The van der Waals surface area contributed by atoms with Gasteiger partial charge in [0.05, 0.1) is 28.9 Å². The fraction of sp³-hybridized carbons (Fsp3) is 0.476. The van der Waals surface area contributed by atoms with Crippen LogP contribution >= 0.6 is 0 Å². The summed E-state index contributed by atoms with van der Waals surface area (Å²) in [6.07, 6.45) is 2.61. The van der Waals surface area contributed by atoms with Crippen molar-refractivity contribution < 1.29 is 14.7 Å². The number of aryl methyl sites for hydroxylation is 1. The van der Waals surface area contributed by atoms with Gasteiger partial charge in [-0.1, -0.05) is 36.8 Å². The molecule has 0 saturated heterocycles. The van der Waals surface area contributed by atoms with Crippen molar-refractivity contribution in [2.75, 3.05) is 6.54 Å². The Morgan fingerprint density at radius 3 is 2.56 bits per heavy atom. The fourth-order valence-corrected chi connectivity index (χ4v) is 3.16. The number of carboxylic acids is 1. The summed E-state index contributed by atoms with van der Waals surface area (Å²) in [6.45, 7) is 10.1. The number of nitrogens with zero attached hydrogens (tertiary/aromatic N) is 2. The van der Waals surface area contributed by atoms with Gasteiger partial charge in [-0.2, -0.15) is 5.10 Å². The average molecular weight is 371 g/mol. The topological polar surface area (TPSA) is 84.2 Å². The highest BCUT2D eigenvalue weighted by Crippen LogP contribution is 2.20. The molecule has 0 aliphatic rings. The van der Waals surface area contributed by atoms with Gasteiger partial charge in [0.1, 0.15) is 0 Å². The first-order valence-electron chi connectivity index (χ1n) is 9.27. The van der Waals surface area contributed by atoms with Crippen LogP contribution in [0.5, 0.6) is 0 Å². The van der Waals surface area contributed by atoms with Crippen molar-refractivity contribution in [3.8, 4) is 0 Å². The minimum atomic E-state index is -0.919. The van der Waals surface area contributed by atoms with Crippen molar-refractivity contribution in [3.63, 3.8) is 0 Å². The number of hydrogen-bond acceptors (Lipinski definition) is 3. The summed E-state index contributed by atoms with van der Waals surface area (Å²) in [7, 11) is 0. The number of carbonyl (C=O) groups excluding carboxylic acids is 1. The van der Waals surface area contributed by atoms with E-state index in [0.717, 1.165) is 16.8 Å². The Bertz CT molecular complexity index is 818. The molecule has 1 aromatic heterocycles. The van der Waals surface area contributed by atoms with E-state index >= 15 is 0 Å². The molecule has 27 heavy (non-hydrogen) atoms. The van der Waals surface area contributed by atoms with E-state index in [0.29, 0.717) is 18.4 Å². The largest absolute Gasteiger partial charge is 0.481 e. The average Bonchev–Trinajstić information content (AvgIpc) is 3.02. The zero-order valence-electron chi connectivity index (χ0n) is 16.7. The van der Waals surface area contributed by atoms with Gasteiger partial charge in [0.25, 0.3) is 5.91 Å². The first-order valence-corrected chi connectivity index (χ1v) is 9.27. The quantitative estimate of drug-likeness (QED) is 0.783. The third-order valence-corrected chi connectivity index (χ3v) is 4.51. The molecule has 0 saturated carbocycles. The molecule has 1 atom stereocenters. The van der Waals surface area contributed by atoms with Crippen LogP contribution in [0.15, 0.2) is 30.5 Å². The number of carbonyl (C=O) groups is 2. The van der Waals surface area contributed by atoms with Gasteiger partial charge in [-0.3, -0.25) is 14.3 Å². The lowest BCUT2D eigenvalue weighted by atomic mass is 9.98. The van der Waals surface area contributed by atoms with Crippen LogP contribution in [0.1, 0.15) is 54.9 Å². The van der Waals surface area contributed by atoms with Crippen LogP contribution in [0.4, 0.5) is 0 Å². The summed E-state index contributed by atoms with van der Waals surface area (Å²) in [5, 5.41) is 16.7. The first-order chi connectivity index (χ1) is 12.6. The summed E-state index contributed by atoms with van der Waals surface area (Å²) in [5.74, 6) is -1.88. The highest BCUT2D eigenvalue weighted by atomic mass is 16.4. The maximum atomic E-state index is 12.6. The van der Waals surface area contributed by atoms with Gasteiger partial charge < -0.3 is 10.4 Å². The van der Waals surface area contributed by atoms with Crippen molar-refractivity contribution in [1.29, 1.82) is 0 Å². The molecule has 0 aliphatic carbocycles. The molecule has 6 nitrogen and oxygen atoms in total. The second kappa shape index (κ2) is 8.37. The molecular weight excluding hydrogens is 342 g/mol. The number of carboxylic acid groups (broad SMARTS) is 1. The molecule has 0 aliphatic heterocycles. The molecule has 1 amide bonds. The van der Waals surface area contributed by atoms with E-state index in [1.54, 1.807) is 6.20 Å². The predicted octanol–water partition coefficient (Wildman–Crippen LogP) is 3.18. The smallest absolute Gasteiger partial charge is 0.308 e. The molecule has 0 spiro atoms. The maximum Gasteiger partial charge on any atom is 0.308 e. The van der Waals surface area contributed by atoms with E-state index in [4.69, 9.17) is 0 Å². The zero-order valence-corrected chi connectivity index (χ0v) is 16.7. The van der Waals surface area contributed by atoms with E-state index in [1.165, 1.54) is 0 Å². The highest BCUT2D eigenvalue weighted by Gasteiger charge is 2.24. The monoisotopic (exact) mass is 371 g/mol. The van der Waals surface area contributed by atoms with E-state index in [9.17, 15) is 14.7 Å². The fourth-order valence-electron chi connectivity index (χ4n) is 3.16. The molecule has 1 aromatic carbocycles. The Morgan fingerprint density at radius 2 is 2.00 bits per heavy atom. The number of aromatic nitrogens is 2. The number of hydrogen-bond donors (Lipinski definition) is 2. The lowest BCUT2D eigenvalue weighted by molar-refractivity contribution is -0.141. The molecular formula is C21H29N3O3. The molecule has 0 fully saturated rings. The second-order valence-corrected chi connectivity index (χ2v) is 7.88. The lowest BCUT2D eigenvalue weighted by Crippen LogP contribution is -2.34. The van der Waals surface area contributed by atoms with Gasteiger partial charge in [-0.05, 0) is 46.1 Å². The molecule has 2 aromatic rings. The number of rotatable bonds is 7. The van der Waals surface area contributed by atoms with E-state index < -0.39 is 11.9 Å². The SMILES string of the molecule is CCc1c(C(=O)NCC(Cc2cccc(C)c2)C(=O)O)cnn1C(C)(C)C. The number of amides is 1. The van der Waals surface area contributed by atoms with Crippen LogP contribution in [-0.2, 0) is 23.2 Å². The minimum absolute atomic E-state index is 0.0754. The summed E-state index contributed by atoms with van der Waals surface area (Å²) in [6, 6.07) is 7.77. The van der Waals surface area contributed by atoms with Crippen molar-refractivity contribution in [2.24, 2.45) is 5.92 Å². The maximum absolute atomic E-state index is 12.6. The predicted molar refractivity (Wildman–Crippen MR) is 105 cm³/mol. The van der Waals surface area contributed by atoms with E-state index in [2.05, 4.69) is 10.4 Å². The van der Waals surface area contributed by atoms with Crippen LogP contribution in [0.2, 0.25) is 0 Å². The van der Waals surface area contributed by atoms with Crippen LogP contribution < -0.4 is 5.32 Å². The Balaban J connectivity index is 2.10. The van der Waals surface area contributed by atoms with Crippen molar-refractivity contribution in [1.82, 2.24) is 15.1 Å². The molecule has 1 unspecified atom stereocenters. The van der Waals surface area contributed by atoms with Crippen LogP contribution in [0.25, 0.3) is 0 Å². The molecule has 1 heterocycles. The number of nitrogens with one attached hydrogen (secondary N) is 1. The Kier molecular flexibility index (Phi) is 6.41. The summed E-state index contributed by atoms with van der Waals surface area (Å²) in [5.41, 5.74) is 3.17. The van der Waals surface area contributed by atoms with Crippen molar-refractivity contribution in [2.45, 2.75) is 53.0 Å². The van der Waals surface area contributed by atoms with E-state index in [1.807, 2.05) is 63.6 Å². The summed E-state index contributed by atoms with van der Waals surface area (Å²) in [4.78, 5) is 24.3. The van der Waals surface area contributed by atoms with Gasteiger partial charge in [-0.25, -0.2) is 0 Å². The van der Waals surface area contributed by atoms with E-state index in [-0.39, 0.29) is 18.0 Å². The van der Waals surface area contributed by atoms with Gasteiger partial charge in [-0.15, -0.1) is 0 Å². The molecule has 0 radical (unpaired) electrons. The molecule has 2 rings (SSSR count). The normalized spacial score (nSPS) is 12.6. The molecule has 146 valence electrons. The van der Waals surface area contributed by atoms with Crippen LogP contribution in [0, 0.1) is 12.8 Å². The van der Waals surface area contributed by atoms with Crippen LogP contribution in [-0.4, -0.2) is 33.3 Å². The molecule has 0 bridgehead atoms. The Hall–Kier alpha value is -2.63. The summed E-state index contributed by atoms with van der Waals surface area (Å²) >= 11 is 0. The summed E-state index contributed by atoms with van der Waals surface area (Å²) < 4.78 is 1.85. The first kappa shape index (κ1) is 20.7. The molecule has 2 N–H and O–H groups in total. The Morgan fingerprint density at radius 1 is 1.30 bits per heavy atom. The molecule has 6 heteroatoms. The number of benzene rings is 1. The highest BCUT2D eigenvalue weighted by molar-refractivity contribution is 5.95. The second-order valence-electron chi connectivity index (χ2n) is 7.88. The Labute approximate surface area is 160 Å². The van der Waals surface area contributed by atoms with Crippen molar-refractivity contribution >= 4 is 11.9 Å². The lowest BCUT2D eigenvalue weighted by Gasteiger charge is -2.22. The van der Waals surface area contributed by atoms with Gasteiger partial charge >= 0.3 is 5.97 Å². The van der Waals surface area contributed by atoms with Gasteiger partial charge in [0, 0.05) is 6.54 Å².